The van der Waals surface area contributed by atoms with Crippen LogP contribution in [0.15, 0.2) is 64.4 Å². The lowest BCUT2D eigenvalue weighted by Gasteiger charge is -2.11. The first-order valence-corrected chi connectivity index (χ1v) is 9.82. The largest absolute Gasteiger partial charge is 0.388 e. The highest BCUT2D eigenvalue weighted by Crippen LogP contribution is 2.28. The van der Waals surface area contributed by atoms with E-state index < -0.39 is 10.0 Å². The fraction of sp³-hybridized carbons (Fsp3) is 0.0625. The number of thiocarbonyl (C=S) groups is 1. The van der Waals surface area contributed by atoms with E-state index in [0.717, 1.165) is 10.3 Å². The Kier molecular flexibility index (Phi) is 4.18. The Morgan fingerprint density at radius 1 is 1.13 bits per heavy atom. The zero-order valence-corrected chi connectivity index (χ0v) is 14.7. The van der Waals surface area contributed by atoms with Crippen LogP contribution in [0.25, 0.3) is 10.9 Å². The fourth-order valence-electron chi connectivity index (χ4n) is 2.42. The molecule has 0 radical (unpaired) electrons. The first-order chi connectivity index (χ1) is 10.9. The summed E-state index contributed by atoms with van der Waals surface area (Å²) >= 11 is 6.65. The second-order valence-corrected chi connectivity index (χ2v) is 8.01. The number of hydrogen-bond acceptors (Lipinski definition) is 4. The number of rotatable bonds is 4. The van der Waals surface area contributed by atoms with Gasteiger partial charge in [0.15, 0.2) is 0 Å². The van der Waals surface area contributed by atoms with Gasteiger partial charge in [0.1, 0.15) is 4.99 Å². The summed E-state index contributed by atoms with van der Waals surface area (Å²) in [7, 11) is -3.78. The first-order valence-electron chi connectivity index (χ1n) is 6.75. The van der Waals surface area contributed by atoms with E-state index >= 15 is 0 Å². The molecule has 1 aromatic heterocycles. The number of fused-ring (bicyclic) bond motifs is 1. The summed E-state index contributed by atoms with van der Waals surface area (Å²) in [6, 6.07) is 15.6. The molecule has 4 nitrogen and oxygen atoms in total. The number of hydrogen-bond donors (Lipinski definition) is 1. The molecule has 0 fully saturated rings. The van der Waals surface area contributed by atoms with E-state index in [4.69, 9.17) is 18.0 Å². The zero-order valence-electron chi connectivity index (χ0n) is 12.3. The average molecular weight is 363 g/mol. The molecular weight excluding hydrogens is 348 g/mol. The standard InChI is InChI=1S/C16H14N2O2S3/c1-22-12-7-8-14-11(9-12)10-15(16(17)21)18(14)23(19,20)13-5-3-2-4-6-13/h2-10H,1H3,(H2,17,21). The monoisotopic (exact) mass is 362 g/mol. The predicted molar refractivity (Wildman–Crippen MR) is 98.6 cm³/mol. The molecule has 7 heteroatoms. The van der Waals surface area contributed by atoms with Gasteiger partial charge < -0.3 is 5.73 Å². The first kappa shape index (κ1) is 16.0. The average Bonchev–Trinajstić information content (AvgIpc) is 2.95. The maximum atomic E-state index is 13.0. The van der Waals surface area contributed by atoms with Crippen molar-refractivity contribution in [1.82, 2.24) is 3.97 Å². The van der Waals surface area contributed by atoms with Gasteiger partial charge in [-0.05, 0) is 42.7 Å². The van der Waals surface area contributed by atoms with Gasteiger partial charge in [-0.3, -0.25) is 0 Å². The minimum atomic E-state index is -3.78. The third kappa shape index (κ3) is 2.75. The van der Waals surface area contributed by atoms with Crippen LogP contribution in [0.3, 0.4) is 0 Å². The van der Waals surface area contributed by atoms with Crippen LogP contribution in [-0.4, -0.2) is 23.6 Å². The Hall–Kier alpha value is -1.83. The molecule has 0 bridgehead atoms. The topological polar surface area (TPSA) is 65.1 Å². The quantitative estimate of drug-likeness (QED) is 0.570. The Morgan fingerprint density at radius 3 is 2.43 bits per heavy atom. The van der Waals surface area contributed by atoms with E-state index in [1.165, 1.54) is 3.97 Å². The number of nitrogens with zero attached hydrogens (tertiary/aromatic N) is 1. The van der Waals surface area contributed by atoms with Crippen molar-refractivity contribution in [1.29, 1.82) is 0 Å². The highest BCUT2D eigenvalue weighted by atomic mass is 32.2. The van der Waals surface area contributed by atoms with Gasteiger partial charge in [-0.1, -0.05) is 30.4 Å². The van der Waals surface area contributed by atoms with Crippen molar-refractivity contribution >= 4 is 49.9 Å². The van der Waals surface area contributed by atoms with Crippen LogP contribution in [-0.2, 0) is 10.0 Å². The molecule has 118 valence electrons. The summed E-state index contributed by atoms with van der Waals surface area (Å²) in [6.07, 6.45) is 1.97. The van der Waals surface area contributed by atoms with Crippen molar-refractivity contribution in [3.8, 4) is 0 Å². The maximum absolute atomic E-state index is 13.0. The molecular formula is C16H14N2O2S3. The van der Waals surface area contributed by atoms with E-state index in [1.807, 2.05) is 18.4 Å². The molecule has 0 aliphatic carbocycles. The van der Waals surface area contributed by atoms with Crippen molar-refractivity contribution in [3.63, 3.8) is 0 Å². The van der Waals surface area contributed by atoms with Gasteiger partial charge in [-0.15, -0.1) is 11.8 Å². The second-order valence-electron chi connectivity index (χ2n) is 4.90. The molecule has 2 N–H and O–H groups in total. The summed E-state index contributed by atoms with van der Waals surface area (Å²) in [5.74, 6) is 0. The molecule has 0 atom stereocenters. The normalized spacial score (nSPS) is 11.7. The molecule has 0 unspecified atom stereocenters. The summed E-state index contributed by atoms with van der Waals surface area (Å²) in [5.41, 5.74) is 6.65. The summed E-state index contributed by atoms with van der Waals surface area (Å²) in [6.45, 7) is 0. The zero-order chi connectivity index (χ0) is 16.6. The highest BCUT2D eigenvalue weighted by Gasteiger charge is 2.24. The van der Waals surface area contributed by atoms with Crippen LogP contribution in [0.4, 0.5) is 0 Å². The number of nitrogens with two attached hydrogens (primary N) is 1. The summed E-state index contributed by atoms with van der Waals surface area (Å²) in [5, 5.41) is 0.791. The van der Waals surface area contributed by atoms with Crippen LogP contribution >= 0.6 is 24.0 Å². The van der Waals surface area contributed by atoms with Crippen molar-refractivity contribution in [2.24, 2.45) is 5.73 Å². The van der Waals surface area contributed by atoms with Gasteiger partial charge in [0.2, 0.25) is 0 Å². The smallest absolute Gasteiger partial charge is 0.268 e. The SMILES string of the molecule is CSc1ccc2c(c1)cc(C(N)=S)n2S(=O)(=O)c1ccccc1. The van der Waals surface area contributed by atoms with Gasteiger partial charge >= 0.3 is 0 Å². The fourth-order valence-corrected chi connectivity index (χ4v) is 4.63. The summed E-state index contributed by atoms with van der Waals surface area (Å²) < 4.78 is 27.3. The Labute approximate surface area is 144 Å². The highest BCUT2D eigenvalue weighted by molar-refractivity contribution is 7.98. The maximum Gasteiger partial charge on any atom is 0.268 e. The molecule has 0 aliphatic heterocycles. The number of benzene rings is 2. The molecule has 0 spiro atoms. The van der Waals surface area contributed by atoms with Gasteiger partial charge in [-0.25, -0.2) is 12.4 Å². The van der Waals surface area contributed by atoms with Crippen molar-refractivity contribution in [3.05, 3.63) is 60.3 Å². The molecule has 1 heterocycles. The molecule has 2 aromatic carbocycles. The van der Waals surface area contributed by atoms with Crippen LogP contribution < -0.4 is 5.73 Å². The van der Waals surface area contributed by atoms with Gasteiger partial charge in [0.25, 0.3) is 10.0 Å². The van der Waals surface area contributed by atoms with Gasteiger partial charge in [-0.2, -0.15) is 0 Å². The van der Waals surface area contributed by atoms with Gasteiger partial charge in [0, 0.05) is 10.3 Å². The van der Waals surface area contributed by atoms with E-state index in [2.05, 4.69) is 0 Å². The Morgan fingerprint density at radius 2 is 1.83 bits per heavy atom. The van der Waals surface area contributed by atoms with E-state index in [9.17, 15) is 8.42 Å². The van der Waals surface area contributed by atoms with Crippen molar-refractivity contribution in [2.75, 3.05) is 6.26 Å². The molecule has 0 aliphatic rings. The third-order valence-electron chi connectivity index (χ3n) is 3.50. The minimum Gasteiger partial charge on any atom is -0.388 e. The van der Waals surface area contributed by atoms with E-state index in [1.54, 1.807) is 54.2 Å². The third-order valence-corrected chi connectivity index (χ3v) is 6.17. The van der Waals surface area contributed by atoms with Gasteiger partial charge in [0.05, 0.1) is 16.1 Å². The molecule has 0 amide bonds. The van der Waals surface area contributed by atoms with Crippen molar-refractivity contribution in [2.45, 2.75) is 9.79 Å². The van der Waals surface area contributed by atoms with Crippen molar-refractivity contribution < 1.29 is 8.42 Å². The Balaban J connectivity index is 2.36. The van der Waals surface area contributed by atoms with Crippen LogP contribution in [0.1, 0.15) is 5.69 Å². The van der Waals surface area contributed by atoms with Crippen LogP contribution in [0.5, 0.6) is 0 Å². The molecule has 3 rings (SSSR count). The molecule has 3 aromatic rings. The summed E-state index contributed by atoms with van der Waals surface area (Å²) in [4.78, 5) is 1.29. The van der Waals surface area contributed by atoms with Crippen LogP contribution in [0, 0.1) is 0 Å². The lowest BCUT2D eigenvalue weighted by Crippen LogP contribution is -2.21. The van der Waals surface area contributed by atoms with E-state index in [-0.39, 0.29) is 9.88 Å². The predicted octanol–water partition coefficient (Wildman–Crippen LogP) is 3.23. The number of thioether (sulfide) groups is 1. The lowest BCUT2D eigenvalue weighted by molar-refractivity contribution is 0.589. The molecule has 0 saturated heterocycles. The molecule has 0 saturated carbocycles. The second kappa shape index (κ2) is 5.99. The molecule has 23 heavy (non-hydrogen) atoms. The Bertz CT molecular complexity index is 993. The van der Waals surface area contributed by atoms with Crippen LogP contribution in [0.2, 0.25) is 0 Å². The number of aromatic nitrogens is 1. The lowest BCUT2D eigenvalue weighted by atomic mass is 10.2. The van der Waals surface area contributed by atoms with E-state index in [0.29, 0.717) is 11.2 Å². The minimum absolute atomic E-state index is 0.0476.